The molecular weight excluding hydrogens is 354 g/mol. The van der Waals surface area contributed by atoms with Gasteiger partial charge in [0.2, 0.25) is 0 Å². The standard InChI is InChI=1S/C23H27NO4/c1-26-23(25)21-8-11-24-15-18(21)5-4-17-10-13-28-22-14-19(6-7-20(17)22)27-12-9-16-2-3-16/h6-8,11,14-17H,2-5,9-10,12-13H2,1H3. The molecule has 4 rings (SSSR count). The number of ether oxygens (including phenoxy) is 3. The predicted molar refractivity (Wildman–Crippen MR) is 106 cm³/mol. The largest absolute Gasteiger partial charge is 0.493 e. The van der Waals surface area contributed by atoms with Crippen molar-refractivity contribution in [3.8, 4) is 11.5 Å². The molecule has 0 N–H and O–H groups in total. The molecular formula is C23H27NO4. The number of pyridine rings is 1. The van der Waals surface area contributed by atoms with Crippen LogP contribution in [0.25, 0.3) is 0 Å². The third-order valence-electron chi connectivity index (χ3n) is 5.71. The molecule has 0 spiro atoms. The van der Waals surface area contributed by atoms with Gasteiger partial charge in [-0.25, -0.2) is 4.79 Å². The Morgan fingerprint density at radius 2 is 2.11 bits per heavy atom. The van der Waals surface area contributed by atoms with Gasteiger partial charge in [0.25, 0.3) is 0 Å². The second-order valence-corrected chi connectivity index (χ2v) is 7.68. The molecule has 1 saturated carbocycles. The Labute approximate surface area is 166 Å². The van der Waals surface area contributed by atoms with Gasteiger partial charge in [-0.15, -0.1) is 0 Å². The zero-order valence-corrected chi connectivity index (χ0v) is 16.4. The van der Waals surface area contributed by atoms with Crippen molar-refractivity contribution < 1.29 is 19.0 Å². The molecule has 1 aromatic carbocycles. The predicted octanol–water partition coefficient (Wildman–Crippen LogP) is 4.55. The molecule has 2 heterocycles. The lowest BCUT2D eigenvalue weighted by Crippen LogP contribution is -2.16. The fraction of sp³-hybridized carbons (Fsp3) is 0.478. The summed E-state index contributed by atoms with van der Waals surface area (Å²) in [5.74, 6) is 2.79. The van der Waals surface area contributed by atoms with Gasteiger partial charge in [0.1, 0.15) is 11.5 Å². The molecule has 1 aliphatic carbocycles. The third-order valence-corrected chi connectivity index (χ3v) is 5.71. The first-order valence-electron chi connectivity index (χ1n) is 10.2. The van der Waals surface area contributed by atoms with Crippen LogP contribution >= 0.6 is 0 Å². The summed E-state index contributed by atoms with van der Waals surface area (Å²) in [6.07, 6.45) is 9.94. The molecule has 1 aromatic heterocycles. The Hall–Kier alpha value is -2.56. The van der Waals surface area contributed by atoms with Crippen LogP contribution in [0.15, 0.2) is 36.7 Å². The summed E-state index contributed by atoms with van der Waals surface area (Å²) in [6.45, 7) is 1.49. The van der Waals surface area contributed by atoms with E-state index in [0.717, 1.165) is 55.3 Å². The van der Waals surface area contributed by atoms with Gasteiger partial charge in [-0.2, -0.15) is 0 Å². The van der Waals surface area contributed by atoms with Crippen molar-refractivity contribution in [2.45, 2.75) is 44.4 Å². The molecule has 28 heavy (non-hydrogen) atoms. The van der Waals surface area contributed by atoms with Gasteiger partial charge in [-0.3, -0.25) is 4.98 Å². The highest BCUT2D eigenvalue weighted by Crippen LogP contribution is 2.39. The van der Waals surface area contributed by atoms with Crippen LogP contribution < -0.4 is 9.47 Å². The number of fused-ring (bicyclic) bond motifs is 1. The molecule has 0 saturated heterocycles. The maximum Gasteiger partial charge on any atom is 0.338 e. The molecule has 0 amide bonds. The molecule has 5 nitrogen and oxygen atoms in total. The number of aromatic nitrogens is 1. The fourth-order valence-corrected chi connectivity index (χ4v) is 3.85. The van der Waals surface area contributed by atoms with Crippen LogP contribution in [0.1, 0.15) is 59.5 Å². The van der Waals surface area contributed by atoms with E-state index in [-0.39, 0.29) is 5.97 Å². The van der Waals surface area contributed by atoms with Gasteiger partial charge in [0.15, 0.2) is 0 Å². The Morgan fingerprint density at radius 3 is 2.93 bits per heavy atom. The molecule has 1 aliphatic heterocycles. The number of esters is 1. The molecule has 148 valence electrons. The van der Waals surface area contributed by atoms with Gasteiger partial charge in [-0.1, -0.05) is 18.9 Å². The van der Waals surface area contributed by atoms with E-state index < -0.39 is 0 Å². The molecule has 5 heteroatoms. The Morgan fingerprint density at radius 1 is 1.21 bits per heavy atom. The minimum atomic E-state index is -0.308. The summed E-state index contributed by atoms with van der Waals surface area (Å²) < 4.78 is 16.7. The number of hydrogen-bond donors (Lipinski definition) is 0. The number of hydrogen-bond acceptors (Lipinski definition) is 5. The maximum absolute atomic E-state index is 12.0. The Balaban J connectivity index is 1.41. The van der Waals surface area contributed by atoms with Crippen molar-refractivity contribution in [3.63, 3.8) is 0 Å². The van der Waals surface area contributed by atoms with Crippen molar-refractivity contribution in [2.75, 3.05) is 20.3 Å². The number of aryl methyl sites for hydroxylation is 1. The first-order chi connectivity index (χ1) is 13.7. The SMILES string of the molecule is COC(=O)c1ccncc1CCC1CCOc2cc(OCCC3CC3)ccc21. The zero-order chi connectivity index (χ0) is 19.3. The van der Waals surface area contributed by atoms with Gasteiger partial charge < -0.3 is 14.2 Å². The minimum Gasteiger partial charge on any atom is -0.493 e. The van der Waals surface area contributed by atoms with Crippen LogP contribution in [-0.4, -0.2) is 31.3 Å². The van der Waals surface area contributed by atoms with Crippen LogP contribution in [0.3, 0.4) is 0 Å². The fourth-order valence-electron chi connectivity index (χ4n) is 3.85. The van der Waals surface area contributed by atoms with Gasteiger partial charge in [-0.05, 0) is 60.8 Å². The van der Waals surface area contributed by atoms with Gasteiger partial charge in [0, 0.05) is 18.5 Å². The lowest BCUT2D eigenvalue weighted by Gasteiger charge is -2.26. The topological polar surface area (TPSA) is 57.7 Å². The molecule has 1 atom stereocenters. The van der Waals surface area contributed by atoms with Crippen molar-refractivity contribution in [2.24, 2.45) is 5.92 Å². The lowest BCUT2D eigenvalue weighted by atomic mass is 9.87. The number of rotatable bonds is 8. The second kappa shape index (κ2) is 8.63. The molecule has 2 aliphatic rings. The first kappa shape index (κ1) is 18.8. The van der Waals surface area contributed by atoms with Gasteiger partial charge in [0.05, 0.1) is 25.9 Å². The molecule has 0 bridgehead atoms. The highest BCUT2D eigenvalue weighted by molar-refractivity contribution is 5.90. The van der Waals surface area contributed by atoms with Crippen LogP contribution in [0.5, 0.6) is 11.5 Å². The van der Waals surface area contributed by atoms with E-state index in [1.54, 1.807) is 18.5 Å². The van der Waals surface area contributed by atoms with E-state index >= 15 is 0 Å². The van der Waals surface area contributed by atoms with Crippen molar-refractivity contribution >= 4 is 5.97 Å². The van der Waals surface area contributed by atoms with Crippen LogP contribution in [0, 0.1) is 5.92 Å². The van der Waals surface area contributed by atoms with E-state index in [9.17, 15) is 4.79 Å². The van der Waals surface area contributed by atoms with E-state index in [1.807, 2.05) is 6.07 Å². The molecule has 0 radical (unpaired) electrons. The monoisotopic (exact) mass is 381 g/mol. The minimum absolute atomic E-state index is 0.308. The average Bonchev–Trinajstić information content (AvgIpc) is 3.56. The Kier molecular flexibility index (Phi) is 5.79. The Bertz CT molecular complexity index is 831. The normalized spacial score (nSPS) is 18.1. The van der Waals surface area contributed by atoms with Gasteiger partial charge >= 0.3 is 5.97 Å². The van der Waals surface area contributed by atoms with Crippen molar-refractivity contribution in [1.82, 2.24) is 4.98 Å². The third kappa shape index (κ3) is 4.46. The van der Waals surface area contributed by atoms with Crippen molar-refractivity contribution in [3.05, 3.63) is 53.3 Å². The molecule has 2 aromatic rings. The highest BCUT2D eigenvalue weighted by Gasteiger charge is 2.24. The second-order valence-electron chi connectivity index (χ2n) is 7.68. The van der Waals surface area contributed by atoms with E-state index in [1.165, 1.54) is 25.5 Å². The smallest absolute Gasteiger partial charge is 0.338 e. The van der Waals surface area contributed by atoms with E-state index in [4.69, 9.17) is 14.2 Å². The molecule has 1 unspecified atom stereocenters. The maximum atomic E-state index is 12.0. The summed E-state index contributed by atoms with van der Waals surface area (Å²) in [4.78, 5) is 16.1. The highest BCUT2D eigenvalue weighted by atomic mass is 16.5. The van der Waals surface area contributed by atoms with E-state index in [0.29, 0.717) is 18.1 Å². The average molecular weight is 381 g/mol. The van der Waals surface area contributed by atoms with E-state index in [2.05, 4.69) is 17.1 Å². The summed E-state index contributed by atoms with van der Waals surface area (Å²) in [5.41, 5.74) is 2.76. The number of benzene rings is 1. The number of nitrogens with zero attached hydrogens (tertiary/aromatic N) is 1. The zero-order valence-electron chi connectivity index (χ0n) is 16.4. The summed E-state index contributed by atoms with van der Waals surface area (Å²) in [5, 5.41) is 0. The van der Waals surface area contributed by atoms with Crippen LogP contribution in [0.2, 0.25) is 0 Å². The van der Waals surface area contributed by atoms with Crippen LogP contribution in [0.4, 0.5) is 0 Å². The van der Waals surface area contributed by atoms with Crippen molar-refractivity contribution in [1.29, 1.82) is 0 Å². The molecule has 1 fully saturated rings. The summed E-state index contributed by atoms with van der Waals surface area (Å²) >= 11 is 0. The van der Waals surface area contributed by atoms with Crippen LogP contribution in [-0.2, 0) is 11.2 Å². The first-order valence-corrected chi connectivity index (χ1v) is 10.2. The number of carbonyl (C=O) groups excluding carboxylic acids is 1. The quantitative estimate of drug-likeness (QED) is 0.628. The number of methoxy groups -OCH3 is 1. The summed E-state index contributed by atoms with van der Waals surface area (Å²) in [6, 6.07) is 7.94. The lowest BCUT2D eigenvalue weighted by molar-refractivity contribution is 0.0599. The summed E-state index contributed by atoms with van der Waals surface area (Å²) in [7, 11) is 1.41. The number of carbonyl (C=O) groups is 1.